The summed E-state index contributed by atoms with van der Waals surface area (Å²) in [7, 11) is 4.69. The first-order valence-corrected chi connectivity index (χ1v) is 8.71. The number of hydrogen-bond acceptors (Lipinski definition) is 5. The van der Waals surface area contributed by atoms with Crippen LogP contribution in [-0.2, 0) is 22.4 Å². The molecule has 2 aromatic rings. The second-order valence-corrected chi connectivity index (χ2v) is 6.05. The predicted octanol–water partition coefficient (Wildman–Crippen LogP) is 2.87. The van der Waals surface area contributed by atoms with Crippen LogP contribution in [-0.4, -0.2) is 40.4 Å². The van der Waals surface area contributed by atoms with Crippen LogP contribution in [0.1, 0.15) is 11.1 Å². The molecule has 5 heteroatoms. The minimum atomic E-state index is -0.201. The lowest BCUT2D eigenvalue weighted by Gasteiger charge is -2.16. The highest BCUT2D eigenvalue weighted by Gasteiger charge is 2.19. The van der Waals surface area contributed by atoms with Crippen LogP contribution >= 0.6 is 0 Å². The molecule has 140 valence electrons. The summed E-state index contributed by atoms with van der Waals surface area (Å²) in [6.07, 6.45) is 1.50. The molecule has 0 amide bonds. The lowest BCUT2D eigenvalue weighted by Crippen LogP contribution is -2.32. The molecule has 1 N–H and O–H groups in total. The van der Waals surface area contributed by atoms with Crippen molar-refractivity contribution in [1.82, 2.24) is 5.32 Å². The van der Waals surface area contributed by atoms with E-state index in [1.165, 1.54) is 7.11 Å². The Morgan fingerprint density at radius 2 is 1.69 bits per heavy atom. The van der Waals surface area contributed by atoms with Gasteiger partial charge in [-0.3, -0.25) is 4.79 Å². The lowest BCUT2D eigenvalue weighted by atomic mass is 9.99. The number of rotatable bonds is 10. The Morgan fingerprint density at radius 1 is 0.962 bits per heavy atom. The smallest absolute Gasteiger partial charge is 0.310 e. The third kappa shape index (κ3) is 5.77. The fourth-order valence-corrected chi connectivity index (χ4v) is 2.85. The molecular formula is C21H27NO4. The van der Waals surface area contributed by atoms with Gasteiger partial charge < -0.3 is 19.5 Å². The summed E-state index contributed by atoms with van der Waals surface area (Å²) >= 11 is 0. The molecule has 2 rings (SSSR count). The molecule has 2 aromatic carbocycles. The number of ether oxygens (including phenoxy) is 3. The van der Waals surface area contributed by atoms with Gasteiger partial charge in [-0.1, -0.05) is 36.4 Å². The highest BCUT2D eigenvalue weighted by molar-refractivity contribution is 5.73. The maximum atomic E-state index is 12.0. The molecule has 0 heterocycles. The zero-order valence-electron chi connectivity index (χ0n) is 15.7. The van der Waals surface area contributed by atoms with E-state index >= 15 is 0 Å². The minimum Gasteiger partial charge on any atom is -0.493 e. The quantitative estimate of drug-likeness (QED) is 0.523. The Balaban J connectivity index is 1.86. The SMILES string of the molecule is COC(=O)C(CNCCc1ccc(OC)c(OC)c1)Cc1ccccc1. The van der Waals surface area contributed by atoms with Gasteiger partial charge in [-0.25, -0.2) is 0 Å². The number of hydrogen-bond donors (Lipinski definition) is 1. The van der Waals surface area contributed by atoms with E-state index < -0.39 is 0 Å². The highest BCUT2D eigenvalue weighted by Crippen LogP contribution is 2.27. The van der Waals surface area contributed by atoms with Crippen molar-refractivity contribution < 1.29 is 19.0 Å². The van der Waals surface area contributed by atoms with Gasteiger partial charge in [0, 0.05) is 6.54 Å². The molecule has 26 heavy (non-hydrogen) atoms. The molecular weight excluding hydrogens is 330 g/mol. The molecule has 1 atom stereocenters. The van der Waals surface area contributed by atoms with Crippen molar-refractivity contribution in [2.45, 2.75) is 12.8 Å². The van der Waals surface area contributed by atoms with Crippen molar-refractivity contribution in [2.75, 3.05) is 34.4 Å². The van der Waals surface area contributed by atoms with Crippen molar-refractivity contribution in [3.63, 3.8) is 0 Å². The standard InChI is InChI=1S/C21H27NO4/c1-24-19-10-9-17(14-20(19)25-2)11-12-22-15-18(21(23)26-3)13-16-7-5-4-6-8-16/h4-10,14,18,22H,11-13,15H2,1-3H3. The molecule has 0 radical (unpaired) electrons. The molecule has 0 aliphatic carbocycles. The maximum Gasteiger partial charge on any atom is 0.310 e. The van der Waals surface area contributed by atoms with Gasteiger partial charge in [0.15, 0.2) is 11.5 Å². The molecule has 5 nitrogen and oxygen atoms in total. The molecule has 0 saturated heterocycles. The molecule has 0 aliphatic heterocycles. The summed E-state index contributed by atoms with van der Waals surface area (Å²) in [5.41, 5.74) is 2.28. The number of methoxy groups -OCH3 is 3. The van der Waals surface area contributed by atoms with E-state index in [4.69, 9.17) is 14.2 Å². The van der Waals surface area contributed by atoms with Crippen LogP contribution in [0.5, 0.6) is 11.5 Å². The molecule has 1 unspecified atom stereocenters. The molecule has 0 spiro atoms. The highest BCUT2D eigenvalue weighted by atomic mass is 16.5. The number of esters is 1. The second-order valence-electron chi connectivity index (χ2n) is 6.05. The Hall–Kier alpha value is -2.53. The molecule has 0 saturated carbocycles. The summed E-state index contributed by atoms with van der Waals surface area (Å²) in [4.78, 5) is 12.0. The van der Waals surface area contributed by atoms with Crippen molar-refractivity contribution in [3.8, 4) is 11.5 Å². The summed E-state index contributed by atoms with van der Waals surface area (Å²) < 4.78 is 15.5. The zero-order valence-corrected chi connectivity index (χ0v) is 15.7. The number of nitrogens with one attached hydrogen (secondary N) is 1. The van der Waals surface area contributed by atoms with Crippen LogP contribution in [0.4, 0.5) is 0 Å². The van der Waals surface area contributed by atoms with Gasteiger partial charge in [0.25, 0.3) is 0 Å². The fraction of sp³-hybridized carbons (Fsp3) is 0.381. The van der Waals surface area contributed by atoms with Gasteiger partial charge >= 0.3 is 5.97 Å². The lowest BCUT2D eigenvalue weighted by molar-refractivity contribution is -0.145. The Morgan fingerprint density at radius 3 is 2.35 bits per heavy atom. The summed E-state index contributed by atoms with van der Waals surface area (Å²) in [6, 6.07) is 15.9. The Labute approximate surface area is 155 Å². The van der Waals surface area contributed by atoms with Crippen LogP contribution in [0.25, 0.3) is 0 Å². The van der Waals surface area contributed by atoms with Gasteiger partial charge in [0.05, 0.1) is 27.2 Å². The largest absolute Gasteiger partial charge is 0.493 e. The fourth-order valence-electron chi connectivity index (χ4n) is 2.85. The van der Waals surface area contributed by atoms with Crippen molar-refractivity contribution in [2.24, 2.45) is 5.92 Å². The molecule has 0 fully saturated rings. The minimum absolute atomic E-state index is 0.188. The molecule has 0 aromatic heterocycles. The van der Waals surface area contributed by atoms with Crippen LogP contribution in [0.2, 0.25) is 0 Å². The van der Waals surface area contributed by atoms with Crippen molar-refractivity contribution in [1.29, 1.82) is 0 Å². The number of carbonyl (C=O) groups excluding carboxylic acids is 1. The maximum absolute atomic E-state index is 12.0. The monoisotopic (exact) mass is 357 g/mol. The zero-order chi connectivity index (χ0) is 18.8. The normalized spacial score (nSPS) is 11.7. The van der Waals surface area contributed by atoms with Crippen LogP contribution < -0.4 is 14.8 Å². The van der Waals surface area contributed by atoms with E-state index in [0.717, 1.165) is 35.6 Å². The van der Waals surface area contributed by atoms with E-state index in [1.54, 1.807) is 14.2 Å². The van der Waals surface area contributed by atoms with E-state index in [1.807, 2.05) is 48.5 Å². The summed E-state index contributed by atoms with van der Waals surface area (Å²) in [5, 5.41) is 3.36. The van der Waals surface area contributed by atoms with Gasteiger partial charge in [-0.15, -0.1) is 0 Å². The summed E-state index contributed by atoms with van der Waals surface area (Å²) in [6.45, 7) is 1.34. The van der Waals surface area contributed by atoms with Gasteiger partial charge in [-0.2, -0.15) is 0 Å². The van der Waals surface area contributed by atoms with E-state index in [-0.39, 0.29) is 11.9 Å². The van der Waals surface area contributed by atoms with Gasteiger partial charge in [-0.05, 0) is 42.6 Å². The second kappa shape index (κ2) is 10.5. The first-order chi connectivity index (χ1) is 12.7. The van der Waals surface area contributed by atoms with Crippen molar-refractivity contribution in [3.05, 3.63) is 59.7 Å². The van der Waals surface area contributed by atoms with E-state index in [2.05, 4.69) is 5.32 Å². The average Bonchev–Trinajstić information content (AvgIpc) is 2.70. The Bertz CT molecular complexity index is 688. The Kier molecular flexibility index (Phi) is 7.96. The topological polar surface area (TPSA) is 56.8 Å². The van der Waals surface area contributed by atoms with Crippen molar-refractivity contribution >= 4 is 5.97 Å². The average molecular weight is 357 g/mol. The third-order valence-electron chi connectivity index (χ3n) is 4.29. The predicted molar refractivity (Wildman–Crippen MR) is 102 cm³/mol. The number of benzene rings is 2. The number of carbonyl (C=O) groups is 1. The van der Waals surface area contributed by atoms with Crippen LogP contribution in [0, 0.1) is 5.92 Å². The van der Waals surface area contributed by atoms with Crippen LogP contribution in [0.15, 0.2) is 48.5 Å². The van der Waals surface area contributed by atoms with E-state index in [9.17, 15) is 4.79 Å². The third-order valence-corrected chi connectivity index (χ3v) is 4.29. The van der Waals surface area contributed by atoms with Gasteiger partial charge in [0.1, 0.15) is 0 Å². The molecule has 0 aliphatic rings. The van der Waals surface area contributed by atoms with Gasteiger partial charge in [0.2, 0.25) is 0 Å². The van der Waals surface area contributed by atoms with Crippen LogP contribution in [0.3, 0.4) is 0 Å². The first kappa shape index (κ1) is 19.8. The van der Waals surface area contributed by atoms with E-state index in [0.29, 0.717) is 13.0 Å². The first-order valence-electron chi connectivity index (χ1n) is 8.71. The molecule has 0 bridgehead atoms. The summed E-state index contributed by atoms with van der Waals surface area (Å²) in [5.74, 6) is 1.06.